The summed E-state index contributed by atoms with van der Waals surface area (Å²) in [4.78, 5) is 8.24. The molecule has 0 saturated heterocycles. The summed E-state index contributed by atoms with van der Waals surface area (Å²) in [6.07, 6.45) is 1.23. The van der Waals surface area contributed by atoms with Crippen LogP contribution in [0.1, 0.15) is 11.7 Å². The fourth-order valence-electron chi connectivity index (χ4n) is 1.52. The highest BCUT2D eigenvalue weighted by atomic mass is 16.3. The van der Waals surface area contributed by atoms with Gasteiger partial charge in [-0.15, -0.1) is 0 Å². The highest BCUT2D eigenvalue weighted by molar-refractivity contribution is 5.74. The van der Waals surface area contributed by atoms with Crippen molar-refractivity contribution in [1.29, 1.82) is 0 Å². The average molecular weight is 219 g/mol. The first-order valence-corrected chi connectivity index (χ1v) is 4.99. The molecular formula is C11H13N3O2. The van der Waals surface area contributed by atoms with Crippen LogP contribution in [0.3, 0.4) is 0 Å². The van der Waals surface area contributed by atoms with Crippen LogP contribution in [-0.2, 0) is 0 Å². The van der Waals surface area contributed by atoms with E-state index >= 15 is 0 Å². The van der Waals surface area contributed by atoms with Crippen LogP contribution >= 0.6 is 0 Å². The van der Waals surface area contributed by atoms with Crippen molar-refractivity contribution in [2.24, 2.45) is 5.73 Å². The number of nitrogens with two attached hydrogens (primary N) is 1. The van der Waals surface area contributed by atoms with E-state index in [1.165, 1.54) is 0 Å². The van der Waals surface area contributed by atoms with Gasteiger partial charge in [-0.1, -0.05) is 6.07 Å². The van der Waals surface area contributed by atoms with Gasteiger partial charge < -0.3 is 15.9 Å². The lowest BCUT2D eigenvalue weighted by Gasteiger charge is -2.16. The van der Waals surface area contributed by atoms with Gasteiger partial charge in [0.2, 0.25) is 0 Å². The van der Waals surface area contributed by atoms with E-state index in [1.54, 1.807) is 30.6 Å². The van der Waals surface area contributed by atoms with Gasteiger partial charge in [0.15, 0.2) is 0 Å². The second kappa shape index (κ2) is 4.52. The van der Waals surface area contributed by atoms with Gasteiger partial charge in [-0.05, 0) is 17.7 Å². The lowest BCUT2D eigenvalue weighted by Crippen LogP contribution is -2.27. The Morgan fingerprint density at radius 2 is 1.81 bits per heavy atom. The van der Waals surface area contributed by atoms with Crippen LogP contribution in [0.2, 0.25) is 0 Å². The Hall–Kier alpha value is -1.56. The number of rotatable bonds is 3. The average Bonchev–Trinajstić information content (AvgIpc) is 2.36. The molecule has 4 N–H and O–H groups in total. The van der Waals surface area contributed by atoms with Gasteiger partial charge in [0.1, 0.15) is 6.10 Å². The highest BCUT2D eigenvalue weighted by Gasteiger charge is 2.17. The SMILES string of the molecule is NCC(O)C(O)c1ccc2nccnc2c1. The fourth-order valence-corrected chi connectivity index (χ4v) is 1.52. The number of aliphatic hydroxyl groups is 2. The van der Waals surface area contributed by atoms with Crippen LogP contribution in [0, 0.1) is 0 Å². The van der Waals surface area contributed by atoms with Crippen molar-refractivity contribution in [2.45, 2.75) is 12.2 Å². The number of aromatic nitrogens is 2. The number of nitrogens with zero attached hydrogens (tertiary/aromatic N) is 2. The Labute approximate surface area is 92.6 Å². The van der Waals surface area contributed by atoms with E-state index < -0.39 is 12.2 Å². The van der Waals surface area contributed by atoms with E-state index in [-0.39, 0.29) is 6.54 Å². The van der Waals surface area contributed by atoms with Crippen LogP contribution < -0.4 is 5.73 Å². The minimum absolute atomic E-state index is 0.0136. The summed E-state index contributed by atoms with van der Waals surface area (Å²) < 4.78 is 0. The lowest BCUT2D eigenvalue weighted by molar-refractivity contribution is 0.0244. The van der Waals surface area contributed by atoms with Gasteiger partial charge in [0.05, 0.1) is 17.1 Å². The molecule has 0 radical (unpaired) electrons. The van der Waals surface area contributed by atoms with Crippen molar-refractivity contribution in [1.82, 2.24) is 9.97 Å². The maximum atomic E-state index is 9.77. The topological polar surface area (TPSA) is 92.3 Å². The molecular weight excluding hydrogens is 206 g/mol. The molecule has 2 rings (SSSR count). The molecule has 0 aliphatic rings. The molecule has 0 spiro atoms. The largest absolute Gasteiger partial charge is 0.389 e. The molecule has 2 atom stereocenters. The van der Waals surface area contributed by atoms with Crippen LogP contribution in [0.4, 0.5) is 0 Å². The summed E-state index contributed by atoms with van der Waals surface area (Å²) in [7, 11) is 0. The third kappa shape index (κ3) is 2.01. The molecule has 1 aromatic heterocycles. The predicted octanol–water partition coefficient (Wildman–Crippen LogP) is -0.0172. The molecule has 5 heteroatoms. The third-order valence-electron chi connectivity index (χ3n) is 2.44. The van der Waals surface area contributed by atoms with E-state index in [4.69, 9.17) is 5.73 Å². The summed E-state index contributed by atoms with van der Waals surface area (Å²) in [5, 5.41) is 19.2. The maximum Gasteiger partial charge on any atom is 0.106 e. The van der Waals surface area contributed by atoms with Crippen molar-refractivity contribution < 1.29 is 10.2 Å². The Morgan fingerprint density at radius 3 is 2.50 bits per heavy atom. The highest BCUT2D eigenvalue weighted by Crippen LogP contribution is 2.19. The van der Waals surface area contributed by atoms with Crippen LogP contribution in [0.25, 0.3) is 11.0 Å². The lowest BCUT2D eigenvalue weighted by atomic mass is 10.0. The number of benzene rings is 1. The smallest absolute Gasteiger partial charge is 0.106 e. The molecule has 0 amide bonds. The molecule has 0 aliphatic heterocycles. The first-order valence-electron chi connectivity index (χ1n) is 4.99. The number of hydrogen-bond acceptors (Lipinski definition) is 5. The number of hydrogen-bond donors (Lipinski definition) is 3. The van der Waals surface area contributed by atoms with Gasteiger partial charge in [-0.3, -0.25) is 9.97 Å². The second-order valence-electron chi connectivity index (χ2n) is 3.55. The van der Waals surface area contributed by atoms with E-state index in [1.807, 2.05) is 0 Å². The first kappa shape index (κ1) is 10.9. The molecule has 2 unspecified atom stereocenters. The molecule has 1 aromatic carbocycles. The second-order valence-corrected chi connectivity index (χ2v) is 3.55. The van der Waals surface area contributed by atoms with Gasteiger partial charge >= 0.3 is 0 Å². The standard InChI is InChI=1S/C11H13N3O2/c12-6-10(15)11(16)7-1-2-8-9(5-7)14-4-3-13-8/h1-5,10-11,15-16H,6,12H2. The first-order chi connectivity index (χ1) is 7.72. The molecule has 16 heavy (non-hydrogen) atoms. The third-order valence-corrected chi connectivity index (χ3v) is 2.44. The van der Waals surface area contributed by atoms with Crippen molar-refractivity contribution in [3.05, 3.63) is 36.2 Å². The van der Waals surface area contributed by atoms with E-state index in [9.17, 15) is 10.2 Å². The van der Waals surface area contributed by atoms with Crippen LogP contribution in [-0.4, -0.2) is 32.8 Å². The van der Waals surface area contributed by atoms with Crippen molar-refractivity contribution in [3.8, 4) is 0 Å². The van der Waals surface area contributed by atoms with Gasteiger partial charge in [0, 0.05) is 18.9 Å². The van der Waals surface area contributed by atoms with Crippen molar-refractivity contribution >= 4 is 11.0 Å². The minimum Gasteiger partial charge on any atom is -0.389 e. The predicted molar refractivity (Wildman–Crippen MR) is 59.6 cm³/mol. The quantitative estimate of drug-likeness (QED) is 0.675. The fraction of sp³-hybridized carbons (Fsp3) is 0.273. The van der Waals surface area contributed by atoms with Crippen LogP contribution in [0.5, 0.6) is 0 Å². The zero-order valence-corrected chi connectivity index (χ0v) is 8.61. The van der Waals surface area contributed by atoms with Crippen molar-refractivity contribution in [3.63, 3.8) is 0 Å². The number of aliphatic hydroxyl groups excluding tert-OH is 2. The number of fused-ring (bicyclic) bond motifs is 1. The van der Waals surface area contributed by atoms with Crippen LogP contribution in [0.15, 0.2) is 30.6 Å². The zero-order valence-electron chi connectivity index (χ0n) is 8.61. The molecule has 0 fully saturated rings. The normalized spacial score (nSPS) is 14.9. The summed E-state index contributed by atoms with van der Waals surface area (Å²) in [6, 6.07) is 5.16. The maximum absolute atomic E-state index is 9.77. The van der Waals surface area contributed by atoms with E-state index in [0.717, 1.165) is 5.52 Å². The summed E-state index contributed by atoms with van der Waals surface area (Å²) >= 11 is 0. The molecule has 84 valence electrons. The van der Waals surface area contributed by atoms with Gasteiger partial charge in [0.25, 0.3) is 0 Å². The Bertz CT molecular complexity index is 489. The molecule has 5 nitrogen and oxygen atoms in total. The molecule has 0 saturated carbocycles. The summed E-state index contributed by atoms with van der Waals surface area (Å²) in [5.41, 5.74) is 7.31. The van der Waals surface area contributed by atoms with Gasteiger partial charge in [-0.2, -0.15) is 0 Å². The van der Waals surface area contributed by atoms with Gasteiger partial charge in [-0.25, -0.2) is 0 Å². The molecule has 1 heterocycles. The molecule has 0 aliphatic carbocycles. The summed E-state index contributed by atoms with van der Waals surface area (Å²) in [5.74, 6) is 0. The Morgan fingerprint density at radius 1 is 1.12 bits per heavy atom. The summed E-state index contributed by atoms with van der Waals surface area (Å²) in [6.45, 7) is 0.0136. The molecule has 2 aromatic rings. The van der Waals surface area contributed by atoms with E-state index in [0.29, 0.717) is 11.1 Å². The van der Waals surface area contributed by atoms with Crippen molar-refractivity contribution in [2.75, 3.05) is 6.54 Å². The monoisotopic (exact) mass is 219 g/mol. The zero-order chi connectivity index (χ0) is 11.5. The Balaban J connectivity index is 2.39. The van der Waals surface area contributed by atoms with E-state index in [2.05, 4.69) is 9.97 Å². The minimum atomic E-state index is -0.989. The molecule has 0 bridgehead atoms. The Kier molecular flexibility index (Phi) is 3.09.